The molecule has 1 fully saturated rings. The van der Waals surface area contributed by atoms with Crippen molar-refractivity contribution in [3.05, 3.63) is 21.4 Å². The van der Waals surface area contributed by atoms with E-state index in [1.165, 1.54) is 16.6 Å². The van der Waals surface area contributed by atoms with Crippen LogP contribution in [-0.2, 0) is 11.3 Å². The maximum Gasteiger partial charge on any atom is 0.228 e. The minimum atomic E-state index is 0.153. The van der Waals surface area contributed by atoms with Crippen LogP contribution in [0.5, 0.6) is 0 Å². The smallest absolute Gasteiger partial charge is 0.228 e. The average Bonchev–Trinajstić information content (AvgIpc) is 3.15. The molecule has 0 aliphatic carbocycles. The van der Waals surface area contributed by atoms with Gasteiger partial charge in [-0.15, -0.1) is 21.5 Å². The molecule has 2 aromatic rings. The predicted molar refractivity (Wildman–Crippen MR) is 97.6 cm³/mol. The lowest BCUT2D eigenvalue weighted by molar-refractivity contribution is 0.102. The van der Waals surface area contributed by atoms with Gasteiger partial charge >= 0.3 is 0 Å². The number of aryl methyl sites for hydroxylation is 2. The highest BCUT2D eigenvalue weighted by Crippen LogP contribution is 2.26. The Morgan fingerprint density at radius 3 is 2.71 bits per heavy atom. The average molecular weight is 367 g/mol. The second-order valence-electron chi connectivity index (χ2n) is 5.67. The Bertz CT molecular complexity index is 720. The van der Waals surface area contributed by atoms with Gasteiger partial charge in [-0.05, 0) is 26.8 Å². The highest BCUT2D eigenvalue weighted by atomic mass is 32.2. The molecule has 0 saturated carbocycles. The Hall–Kier alpha value is -1.38. The van der Waals surface area contributed by atoms with E-state index in [2.05, 4.69) is 26.6 Å². The van der Waals surface area contributed by atoms with Crippen LogP contribution in [0.25, 0.3) is 0 Å². The lowest BCUT2D eigenvalue weighted by atomic mass is 10.2. The fourth-order valence-corrected chi connectivity index (χ4v) is 4.60. The summed E-state index contributed by atoms with van der Waals surface area (Å²) in [6.07, 6.45) is 0. The molecule has 0 amide bonds. The Kier molecular flexibility index (Phi) is 5.57. The maximum atomic E-state index is 12.5. The summed E-state index contributed by atoms with van der Waals surface area (Å²) >= 11 is 3.13. The predicted octanol–water partition coefficient (Wildman–Crippen LogP) is 2.79. The minimum Gasteiger partial charge on any atom is -0.378 e. The Labute approximate surface area is 150 Å². The number of Topliss-reactive ketones (excluding diaryl/α,β-unsaturated/α-hetero) is 1. The van der Waals surface area contributed by atoms with Gasteiger partial charge in [0.05, 0.1) is 19.0 Å². The molecule has 6 nitrogen and oxygen atoms in total. The number of carbonyl (C=O) groups excluding carboxylic acids is 1. The van der Waals surface area contributed by atoms with Gasteiger partial charge in [-0.3, -0.25) is 9.36 Å². The first kappa shape index (κ1) is 17.4. The van der Waals surface area contributed by atoms with Crippen molar-refractivity contribution in [3.63, 3.8) is 0 Å². The molecule has 0 aromatic carbocycles. The van der Waals surface area contributed by atoms with E-state index < -0.39 is 0 Å². The van der Waals surface area contributed by atoms with Crippen molar-refractivity contribution in [3.8, 4) is 0 Å². The van der Waals surface area contributed by atoms with Crippen LogP contribution in [0.3, 0.4) is 0 Å². The summed E-state index contributed by atoms with van der Waals surface area (Å²) in [6.45, 7) is 9.98. The zero-order valence-electron chi connectivity index (χ0n) is 14.2. The summed E-state index contributed by atoms with van der Waals surface area (Å²) in [5.74, 6) is 1.41. The molecule has 0 radical (unpaired) electrons. The van der Waals surface area contributed by atoms with E-state index in [0.29, 0.717) is 19.0 Å². The molecule has 1 aliphatic rings. The number of thiophene rings is 1. The van der Waals surface area contributed by atoms with Crippen LogP contribution in [0.2, 0.25) is 0 Å². The topological polar surface area (TPSA) is 60.2 Å². The van der Waals surface area contributed by atoms with Crippen LogP contribution in [0.4, 0.5) is 5.95 Å². The molecule has 24 heavy (non-hydrogen) atoms. The number of anilines is 1. The molecule has 8 heteroatoms. The van der Waals surface area contributed by atoms with Crippen molar-refractivity contribution < 1.29 is 9.53 Å². The number of nitrogens with zero attached hydrogens (tertiary/aromatic N) is 4. The number of carbonyl (C=O) groups is 1. The van der Waals surface area contributed by atoms with E-state index in [1.807, 2.05) is 19.9 Å². The van der Waals surface area contributed by atoms with Gasteiger partial charge in [0.2, 0.25) is 5.95 Å². The van der Waals surface area contributed by atoms with Gasteiger partial charge < -0.3 is 9.64 Å². The van der Waals surface area contributed by atoms with Crippen LogP contribution < -0.4 is 4.90 Å². The molecule has 3 rings (SSSR count). The number of aromatic nitrogens is 3. The van der Waals surface area contributed by atoms with Gasteiger partial charge in [0.1, 0.15) is 0 Å². The lowest BCUT2D eigenvalue weighted by Gasteiger charge is -2.27. The minimum absolute atomic E-state index is 0.153. The van der Waals surface area contributed by atoms with Crippen LogP contribution in [0.15, 0.2) is 11.2 Å². The zero-order valence-corrected chi connectivity index (χ0v) is 15.9. The molecule has 0 atom stereocenters. The monoisotopic (exact) mass is 366 g/mol. The summed E-state index contributed by atoms with van der Waals surface area (Å²) in [5.41, 5.74) is 0.834. The van der Waals surface area contributed by atoms with Crippen molar-refractivity contribution in [2.45, 2.75) is 32.5 Å². The molecule has 1 aliphatic heterocycles. The third-order valence-electron chi connectivity index (χ3n) is 3.98. The Morgan fingerprint density at radius 1 is 1.33 bits per heavy atom. The standard InChI is InChI=1S/C16H22N4O2S2/c1-4-20-15(19-5-7-22-8-6-19)17-18-16(20)23-10-14(21)13-9-11(2)24-12(13)3/h9H,4-8,10H2,1-3H3. The molecule has 130 valence electrons. The molecular weight excluding hydrogens is 344 g/mol. The molecule has 0 unspecified atom stereocenters. The summed E-state index contributed by atoms with van der Waals surface area (Å²) in [6, 6.07) is 1.98. The quantitative estimate of drug-likeness (QED) is 0.579. The molecular formula is C16H22N4O2S2. The molecule has 2 aromatic heterocycles. The van der Waals surface area contributed by atoms with Crippen molar-refractivity contribution in [2.75, 3.05) is 37.0 Å². The summed E-state index contributed by atoms with van der Waals surface area (Å²) in [7, 11) is 0. The molecule has 0 spiro atoms. The Balaban J connectivity index is 1.70. The van der Waals surface area contributed by atoms with E-state index >= 15 is 0 Å². The van der Waals surface area contributed by atoms with Crippen molar-refractivity contribution in [2.24, 2.45) is 0 Å². The zero-order chi connectivity index (χ0) is 17.1. The van der Waals surface area contributed by atoms with Crippen LogP contribution in [0.1, 0.15) is 27.0 Å². The summed E-state index contributed by atoms with van der Waals surface area (Å²) in [5, 5.41) is 9.44. The first-order valence-electron chi connectivity index (χ1n) is 8.09. The largest absolute Gasteiger partial charge is 0.378 e. The number of ketones is 1. The molecule has 3 heterocycles. The second-order valence-corrected chi connectivity index (χ2v) is 8.07. The van der Waals surface area contributed by atoms with Crippen LogP contribution >= 0.6 is 23.1 Å². The fourth-order valence-electron chi connectivity index (χ4n) is 2.78. The van der Waals surface area contributed by atoms with E-state index in [4.69, 9.17) is 4.74 Å². The summed E-state index contributed by atoms with van der Waals surface area (Å²) in [4.78, 5) is 16.9. The number of morpholine rings is 1. The van der Waals surface area contributed by atoms with Gasteiger partial charge in [0.25, 0.3) is 0 Å². The van der Waals surface area contributed by atoms with Crippen molar-refractivity contribution in [1.82, 2.24) is 14.8 Å². The normalized spacial score (nSPS) is 15.0. The third-order valence-corrected chi connectivity index (χ3v) is 5.91. The first-order chi connectivity index (χ1) is 11.6. The number of hydrogen-bond acceptors (Lipinski definition) is 7. The van der Waals surface area contributed by atoms with Crippen molar-refractivity contribution in [1.29, 1.82) is 0 Å². The molecule has 0 N–H and O–H groups in total. The fraction of sp³-hybridized carbons (Fsp3) is 0.562. The lowest BCUT2D eigenvalue weighted by Crippen LogP contribution is -2.38. The second kappa shape index (κ2) is 7.67. The van der Waals surface area contributed by atoms with Gasteiger partial charge in [-0.2, -0.15) is 0 Å². The number of thioether (sulfide) groups is 1. The maximum absolute atomic E-state index is 12.5. The van der Waals surface area contributed by atoms with E-state index in [0.717, 1.165) is 41.2 Å². The van der Waals surface area contributed by atoms with E-state index in [1.54, 1.807) is 11.3 Å². The summed E-state index contributed by atoms with van der Waals surface area (Å²) < 4.78 is 7.47. The van der Waals surface area contributed by atoms with Crippen LogP contribution in [0, 0.1) is 13.8 Å². The number of ether oxygens (including phenoxy) is 1. The number of hydrogen-bond donors (Lipinski definition) is 0. The highest BCUT2D eigenvalue weighted by molar-refractivity contribution is 7.99. The Morgan fingerprint density at radius 2 is 2.08 bits per heavy atom. The molecule has 1 saturated heterocycles. The SMILES string of the molecule is CCn1c(SCC(=O)c2cc(C)sc2C)nnc1N1CCOCC1. The van der Waals surface area contributed by atoms with Crippen molar-refractivity contribution >= 4 is 34.8 Å². The van der Waals surface area contributed by atoms with E-state index in [-0.39, 0.29) is 5.78 Å². The van der Waals surface area contributed by atoms with Gasteiger partial charge in [-0.25, -0.2) is 0 Å². The molecule has 0 bridgehead atoms. The van der Waals surface area contributed by atoms with E-state index in [9.17, 15) is 4.79 Å². The highest BCUT2D eigenvalue weighted by Gasteiger charge is 2.21. The van der Waals surface area contributed by atoms with Gasteiger partial charge in [0.15, 0.2) is 10.9 Å². The number of rotatable bonds is 6. The van der Waals surface area contributed by atoms with Gasteiger partial charge in [-0.1, -0.05) is 11.8 Å². The van der Waals surface area contributed by atoms with Crippen LogP contribution in [-0.4, -0.2) is 52.6 Å². The third kappa shape index (κ3) is 3.65. The first-order valence-corrected chi connectivity index (χ1v) is 9.89. The van der Waals surface area contributed by atoms with Gasteiger partial charge in [0, 0.05) is 35.0 Å².